The molecule has 0 bridgehead atoms. The van der Waals surface area contributed by atoms with Crippen molar-refractivity contribution in [2.75, 3.05) is 0 Å². The van der Waals surface area contributed by atoms with Crippen LogP contribution < -0.4 is 0 Å². The van der Waals surface area contributed by atoms with E-state index in [9.17, 15) is 0 Å². The van der Waals surface area contributed by atoms with Crippen molar-refractivity contribution < 1.29 is 0 Å². The van der Waals surface area contributed by atoms with E-state index in [1.165, 1.54) is 32.4 Å². The third-order valence-electron chi connectivity index (χ3n) is 5.91. The second-order valence-corrected chi connectivity index (χ2v) is 7.36. The van der Waals surface area contributed by atoms with E-state index in [-0.39, 0.29) is 0 Å². The van der Waals surface area contributed by atoms with Crippen LogP contribution in [0.5, 0.6) is 0 Å². The molecule has 3 nitrogen and oxygen atoms in total. The molecule has 0 saturated heterocycles. The van der Waals surface area contributed by atoms with Crippen LogP contribution in [0.1, 0.15) is 0 Å². The number of fused-ring (bicyclic) bond motifs is 12. The minimum absolute atomic E-state index is 1.01. The molecule has 7 aromatic rings. The summed E-state index contributed by atoms with van der Waals surface area (Å²) in [5.74, 6) is 0. The van der Waals surface area contributed by atoms with E-state index in [0.717, 1.165) is 27.7 Å². The van der Waals surface area contributed by atoms with Crippen molar-refractivity contribution in [3.63, 3.8) is 0 Å². The van der Waals surface area contributed by atoms with Crippen LogP contribution in [-0.4, -0.2) is 14.4 Å². The van der Waals surface area contributed by atoms with Gasteiger partial charge in [-0.1, -0.05) is 60.7 Å². The number of hydrogen-bond donors (Lipinski definition) is 1. The van der Waals surface area contributed by atoms with Gasteiger partial charge in [0.25, 0.3) is 0 Å². The zero-order valence-corrected chi connectivity index (χ0v) is 15.0. The standard InChI is InChI=1S/C25H15N3/c1-2-10-19-15(7-1)17-9-4-6-12-21(17)28-22-14-13-18-16-8-3-5-11-20(16)26-23(18)24(22)27-25(19)28/h1-14,26H. The highest BCUT2D eigenvalue weighted by atomic mass is 15.0. The molecule has 0 aliphatic carbocycles. The molecule has 3 heterocycles. The summed E-state index contributed by atoms with van der Waals surface area (Å²) >= 11 is 0. The Labute approximate surface area is 159 Å². The van der Waals surface area contributed by atoms with E-state index in [1.807, 2.05) is 0 Å². The third-order valence-corrected chi connectivity index (χ3v) is 5.91. The van der Waals surface area contributed by atoms with E-state index < -0.39 is 0 Å². The first kappa shape index (κ1) is 14.2. The predicted octanol–water partition coefficient (Wildman–Crippen LogP) is 6.43. The fourth-order valence-electron chi connectivity index (χ4n) is 4.69. The van der Waals surface area contributed by atoms with E-state index >= 15 is 0 Å². The second kappa shape index (κ2) is 4.90. The van der Waals surface area contributed by atoms with Gasteiger partial charge in [0.15, 0.2) is 0 Å². The Hall–Kier alpha value is -3.85. The molecule has 1 N–H and O–H groups in total. The van der Waals surface area contributed by atoms with E-state index in [1.54, 1.807) is 0 Å². The second-order valence-electron chi connectivity index (χ2n) is 7.36. The lowest BCUT2D eigenvalue weighted by Crippen LogP contribution is -1.90. The van der Waals surface area contributed by atoms with Crippen LogP contribution in [-0.2, 0) is 0 Å². The monoisotopic (exact) mass is 357 g/mol. The number of rotatable bonds is 0. The molecule has 0 aliphatic heterocycles. The van der Waals surface area contributed by atoms with Gasteiger partial charge in [-0.2, -0.15) is 0 Å². The number of imidazole rings is 1. The quantitative estimate of drug-likeness (QED) is 0.312. The Kier molecular flexibility index (Phi) is 2.49. The van der Waals surface area contributed by atoms with Gasteiger partial charge in [-0.25, -0.2) is 4.98 Å². The van der Waals surface area contributed by atoms with Gasteiger partial charge < -0.3 is 4.98 Å². The average molecular weight is 357 g/mol. The van der Waals surface area contributed by atoms with Gasteiger partial charge >= 0.3 is 0 Å². The lowest BCUT2D eigenvalue weighted by Gasteiger charge is -2.08. The Morgan fingerprint density at radius 2 is 1.29 bits per heavy atom. The highest BCUT2D eigenvalue weighted by molar-refractivity contribution is 6.19. The van der Waals surface area contributed by atoms with Crippen LogP contribution in [0.4, 0.5) is 0 Å². The molecule has 0 fully saturated rings. The lowest BCUT2D eigenvalue weighted by molar-refractivity contribution is 1.31. The minimum Gasteiger partial charge on any atom is -0.353 e. The maximum atomic E-state index is 5.15. The Morgan fingerprint density at radius 3 is 2.18 bits per heavy atom. The Morgan fingerprint density at radius 1 is 0.571 bits per heavy atom. The van der Waals surface area contributed by atoms with Crippen molar-refractivity contribution in [2.24, 2.45) is 0 Å². The fraction of sp³-hybridized carbons (Fsp3) is 0. The van der Waals surface area contributed by atoms with Crippen molar-refractivity contribution in [2.45, 2.75) is 0 Å². The maximum absolute atomic E-state index is 5.15. The summed E-state index contributed by atoms with van der Waals surface area (Å²) in [6, 6.07) is 30.0. The molecule has 0 aliphatic rings. The van der Waals surface area contributed by atoms with Gasteiger partial charge in [-0.15, -0.1) is 0 Å². The van der Waals surface area contributed by atoms with Crippen LogP contribution in [0.2, 0.25) is 0 Å². The SMILES string of the molecule is c1ccc2c(c1)[nH]c1c2ccc2c1nc1c3ccccc3c3ccccc3n21. The number of hydrogen-bond acceptors (Lipinski definition) is 1. The third kappa shape index (κ3) is 1.62. The Balaban J connectivity index is 1.82. The number of aromatic nitrogens is 3. The number of aromatic amines is 1. The molecule has 4 aromatic carbocycles. The van der Waals surface area contributed by atoms with Gasteiger partial charge in [-0.3, -0.25) is 4.40 Å². The van der Waals surface area contributed by atoms with Crippen molar-refractivity contribution in [1.82, 2.24) is 14.4 Å². The minimum atomic E-state index is 1.01. The number of H-pyrrole nitrogens is 1. The summed E-state index contributed by atoms with van der Waals surface area (Å²) in [4.78, 5) is 8.75. The molecule has 0 unspecified atom stereocenters. The molecule has 0 spiro atoms. The summed E-state index contributed by atoms with van der Waals surface area (Å²) in [7, 11) is 0. The number of nitrogens with zero attached hydrogens (tertiary/aromatic N) is 2. The zero-order chi connectivity index (χ0) is 18.2. The summed E-state index contributed by atoms with van der Waals surface area (Å²) in [6.07, 6.45) is 0. The average Bonchev–Trinajstić information content (AvgIpc) is 3.33. The van der Waals surface area contributed by atoms with E-state index in [2.05, 4.69) is 94.3 Å². The molecule has 0 atom stereocenters. The number of nitrogens with one attached hydrogen (secondary N) is 1. The first-order chi connectivity index (χ1) is 13.9. The summed E-state index contributed by atoms with van der Waals surface area (Å²) in [6.45, 7) is 0. The van der Waals surface area contributed by atoms with Gasteiger partial charge in [0.2, 0.25) is 0 Å². The number of para-hydroxylation sites is 2. The number of benzene rings is 4. The smallest absolute Gasteiger partial charge is 0.146 e. The zero-order valence-electron chi connectivity index (χ0n) is 15.0. The van der Waals surface area contributed by atoms with E-state index in [0.29, 0.717) is 0 Å². The highest BCUT2D eigenvalue weighted by Gasteiger charge is 2.16. The van der Waals surface area contributed by atoms with Crippen LogP contribution in [0.15, 0.2) is 84.9 Å². The molecule has 0 saturated carbocycles. The van der Waals surface area contributed by atoms with Gasteiger partial charge in [0, 0.05) is 27.1 Å². The van der Waals surface area contributed by atoms with Crippen molar-refractivity contribution in [3.05, 3.63) is 84.9 Å². The summed E-state index contributed by atoms with van der Waals surface area (Å²) < 4.78 is 2.30. The van der Waals surface area contributed by atoms with Crippen molar-refractivity contribution >= 4 is 60.2 Å². The first-order valence-corrected chi connectivity index (χ1v) is 9.51. The largest absolute Gasteiger partial charge is 0.353 e. The number of pyridine rings is 1. The molecule has 7 rings (SSSR count). The maximum Gasteiger partial charge on any atom is 0.146 e. The van der Waals surface area contributed by atoms with Crippen LogP contribution >= 0.6 is 0 Å². The van der Waals surface area contributed by atoms with Gasteiger partial charge in [0.05, 0.1) is 16.6 Å². The predicted molar refractivity (Wildman–Crippen MR) is 117 cm³/mol. The van der Waals surface area contributed by atoms with Crippen LogP contribution in [0, 0.1) is 0 Å². The molecule has 3 heteroatoms. The van der Waals surface area contributed by atoms with Crippen molar-refractivity contribution in [3.8, 4) is 0 Å². The molecule has 0 amide bonds. The summed E-state index contributed by atoms with van der Waals surface area (Å²) in [5.41, 5.74) is 6.61. The van der Waals surface area contributed by atoms with E-state index in [4.69, 9.17) is 4.98 Å². The molecule has 3 aromatic heterocycles. The molecule has 0 radical (unpaired) electrons. The Bertz CT molecular complexity index is 1720. The van der Waals surface area contributed by atoms with Crippen molar-refractivity contribution in [1.29, 1.82) is 0 Å². The lowest BCUT2D eigenvalue weighted by atomic mass is 10.1. The summed E-state index contributed by atoms with van der Waals surface area (Å²) in [5, 5.41) is 6.14. The fourth-order valence-corrected chi connectivity index (χ4v) is 4.69. The first-order valence-electron chi connectivity index (χ1n) is 9.51. The van der Waals surface area contributed by atoms with Gasteiger partial charge in [-0.05, 0) is 29.7 Å². The topological polar surface area (TPSA) is 33.1 Å². The molecule has 130 valence electrons. The van der Waals surface area contributed by atoms with Crippen LogP contribution in [0.25, 0.3) is 60.2 Å². The molecular weight excluding hydrogens is 342 g/mol. The highest BCUT2D eigenvalue weighted by Crippen LogP contribution is 2.36. The van der Waals surface area contributed by atoms with Crippen LogP contribution in [0.3, 0.4) is 0 Å². The molecular formula is C25H15N3. The molecule has 28 heavy (non-hydrogen) atoms. The normalized spacial score (nSPS) is 12.3. The van der Waals surface area contributed by atoms with Gasteiger partial charge in [0.1, 0.15) is 11.2 Å².